The molecule has 1 heterocycles. The lowest BCUT2D eigenvalue weighted by Crippen LogP contribution is -2.47. The zero-order valence-corrected chi connectivity index (χ0v) is 10.1. The highest BCUT2D eigenvalue weighted by Gasteiger charge is 2.32. The first-order valence-corrected chi connectivity index (χ1v) is 5.56. The predicted molar refractivity (Wildman–Crippen MR) is 57.9 cm³/mol. The van der Waals surface area contributed by atoms with E-state index in [4.69, 9.17) is 9.84 Å². The van der Waals surface area contributed by atoms with Crippen molar-refractivity contribution < 1.29 is 19.0 Å². The molecular formula is C11H20FNO3. The van der Waals surface area contributed by atoms with Crippen LogP contribution in [0.3, 0.4) is 0 Å². The first kappa shape index (κ1) is 13.2. The summed E-state index contributed by atoms with van der Waals surface area (Å²) in [6.07, 6.45) is -1.16. The van der Waals surface area contributed by atoms with Gasteiger partial charge < -0.3 is 14.7 Å². The van der Waals surface area contributed by atoms with E-state index in [1.807, 2.05) is 0 Å². The van der Waals surface area contributed by atoms with Crippen molar-refractivity contribution in [1.29, 1.82) is 0 Å². The smallest absolute Gasteiger partial charge is 0.410 e. The zero-order valence-electron chi connectivity index (χ0n) is 10.1. The Hall–Kier alpha value is -0.840. The summed E-state index contributed by atoms with van der Waals surface area (Å²) in [5.74, 6) is -0.348. The zero-order chi connectivity index (χ0) is 12.3. The topological polar surface area (TPSA) is 49.8 Å². The summed E-state index contributed by atoms with van der Waals surface area (Å²) in [5, 5.41) is 8.90. The number of amides is 1. The van der Waals surface area contributed by atoms with Gasteiger partial charge in [0.05, 0.1) is 6.54 Å². The SMILES string of the molecule is CC(C)(C)OC(=O)N1CC[C@H](CO)[C@@H](F)C1. The molecule has 2 atom stereocenters. The molecule has 16 heavy (non-hydrogen) atoms. The van der Waals surface area contributed by atoms with Crippen LogP contribution in [0.2, 0.25) is 0 Å². The first-order valence-electron chi connectivity index (χ1n) is 5.56. The molecule has 4 nitrogen and oxygen atoms in total. The van der Waals surface area contributed by atoms with E-state index in [0.717, 1.165) is 0 Å². The van der Waals surface area contributed by atoms with Crippen molar-refractivity contribution in [1.82, 2.24) is 4.90 Å². The number of piperidine rings is 1. The summed E-state index contributed by atoms with van der Waals surface area (Å²) in [6, 6.07) is 0. The van der Waals surface area contributed by atoms with Crippen molar-refractivity contribution in [2.45, 2.75) is 39.0 Å². The predicted octanol–water partition coefficient (Wildman–Crippen LogP) is 1.57. The van der Waals surface area contributed by atoms with Crippen LogP contribution < -0.4 is 0 Å². The van der Waals surface area contributed by atoms with E-state index in [-0.39, 0.29) is 19.1 Å². The van der Waals surface area contributed by atoms with E-state index < -0.39 is 17.9 Å². The number of rotatable bonds is 1. The Morgan fingerprint density at radius 3 is 2.62 bits per heavy atom. The van der Waals surface area contributed by atoms with Crippen LogP contribution in [-0.2, 0) is 4.74 Å². The fraction of sp³-hybridized carbons (Fsp3) is 0.909. The molecule has 0 saturated carbocycles. The molecule has 1 aliphatic rings. The molecule has 0 aromatic heterocycles. The standard InChI is InChI=1S/C11H20FNO3/c1-11(2,3)16-10(15)13-5-4-8(7-14)9(12)6-13/h8-9,14H,4-7H2,1-3H3/t8-,9+/m1/s1. The number of alkyl halides is 1. The molecule has 0 bridgehead atoms. The van der Waals surface area contributed by atoms with Gasteiger partial charge in [-0.3, -0.25) is 0 Å². The third kappa shape index (κ3) is 3.63. The summed E-state index contributed by atoms with van der Waals surface area (Å²) in [6.45, 7) is 5.62. The molecular weight excluding hydrogens is 213 g/mol. The van der Waals surface area contributed by atoms with Crippen molar-refractivity contribution in [2.24, 2.45) is 5.92 Å². The van der Waals surface area contributed by atoms with Gasteiger partial charge in [0.15, 0.2) is 0 Å². The normalized spacial score (nSPS) is 26.7. The lowest BCUT2D eigenvalue weighted by Gasteiger charge is -2.34. The summed E-state index contributed by atoms with van der Waals surface area (Å²) in [7, 11) is 0. The quantitative estimate of drug-likeness (QED) is 0.748. The van der Waals surface area contributed by atoms with Gasteiger partial charge in [-0.25, -0.2) is 9.18 Å². The molecule has 1 N–H and O–H groups in total. The van der Waals surface area contributed by atoms with Crippen LogP contribution in [0.5, 0.6) is 0 Å². The second-order valence-corrected chi connectivity index (χ2v) is 5.17. The van der Waals surface area contributed by atoms with Crippen LogP contribution in [0.1, 0.15) is 27.2 Å². The number of nitrogens with zero attached hydrogens (tertiary/aromatic N) is 1. The molecule has 1 saturated heterocycles. The number of aliphatic hydroxyl groups excluding tert-OH is 1. The Balaban J connectivity index is 2.48. The van der Waals surface area contributed by atoms with E-state index in [1.165, 1.54) is 4.90 Å². The van der Waals surface area contributed by atoms with Crippen molar-refractivity contribution in [3.05, 3.63) is 0 Å². The molecule has 94 valence electrons. The number of carbonyl (C=O) groups is 1. The van der Waals surface area contributed by atoms with Crippen LogP contribution >= 0.6 is 0 Å². The Morgan fingerprint density at radius 1 is 1.56 bits per heavy atom. The van der Waals surface area contributed by atoms with Crippen LogP contribution in [0.25, 0.3) is 0 Å². The number of halogens is 1. The van der Waals surface area contributed by atoms with Crippen LogP contribution in [0.4, 0.5) is 9.18 Å². The lowest BCUT2D eigenvalue weighted by molar-refractivity contribution is -0.00115. The van der Waals surface area contributed by atoms with Gasteiger partial charge in [0, 0.05) is 19.1 Å². The van der Waals surface area contributed by atoms with Crippen LogP contribution in [0.15, 0.2) is 0 Å². The molecule has 0 unspecified atom stereocenters. The van der Waals surface area contributed by atoms with E-state index >= 15 is 0 Å². The minimum absolute atomic E-state index is 0.0140. The van der Waals surface area contributed by atoms with Gasteiger partial charge in [0.2, 0.25) is 0 Å². The van der Waals surface area contributed by atoms with E-state index in [1.54, 1.807) is 20.8 Å². The number of ether oxygens (including phenoxy) is 1. The largest absolute Gasteiger partial charge is 0.444 e. The van der Waals surface area contributed by atoms with E-state index in [9.17, 15) is 9.18 Å². The third-order valence-electron chi connectivity index (χ3n) is 2.56. The first-order chi connectivity index (χ1) is 7.33. The molecule has 0 aliphatic carbocycles. The summed E-state index contributed by atoms with van der Waals surface area (Å²) >= 11 is 0. The van der Waals surface area contributed by atoms with Crippen molar-refractivity contribution in [3.8, 4) is 0 Å². The average Bonchev–Trinajstić information content (AvgIpc) is 2.15. The fourth-order valence-corrected chi connectivity index (χ4v) is 1.65. The molecule has 0 aromatic carbocycles. The maximum atomic E-state index is 13.5. The minimum Gasteiger partial charge on any atom is -0.444 e. The third-order valence-corrected chi connectivity index (χ3v) is 2.56. The van der Waals surface area contributed by atoms with Crippen molar-refractivity contribution >= 4 is 6.09 Å². The number of aliphatic hydroxyl groups is 1. The van der Waals surface area contributed by atoms with Gasteiger partial charge in [-0.05, 0) is 27.2 Å². The number of hydrogen-bond acceptors (Lipinski definition) is 3. The Kier molecular flexibility index (Phi) is 4.13. The summed E-state index contributed by atoms with van der Waals surface area (Å²) in [5.41, 5.74) is -0.559. The van der Waals surface area contributed by atoms with Crippen LogP contribution in [0, 0.1) is 5.92 Å². The highest BCUT2D eigenvalue weighted by Crippen LogP contribution is 2.21. The van der Waals surface area contributed by atoms with Gasteiger partial charge in [0.1, 0.15) is 11.8 Å². The number of hydrogen-bond donors (Lipinski definition) is 1. The van der Waals surface area contributed by atoms with Gasteiger partial charge in [-0.1, -0.05) is 0 Å². The maximum Gasteiger partial charge on any atom is 0.410 e. The van der Waals surface area contributed by atoms with E-state index in [0.29, 0.717) is 13.0 Å². The number of likely N-dealkylation sites (tertiary alicyclic amines) is 1. The van der Waals surface area contributed by atoms with Crippen molar-refractivity contribution in [2.75, 3.05) is 19.7 Å². The summed E-state index contributed by atoms with van der Waals surface area (Å²) < 4.78 is 18.6. The van der Waals surface area contributed by atoms with Gasteiger partial charge >= 0.3 is 6.09 Å². The molecule has 1 rings (SSSR count). The second kappa shape index (κ2) is 4.99. The molecule has 1 aliphatic heterocycles. The summed E-state index contributed by atoms with van der Waals surface area (Å²) in [4.78, 5) is 13.0. The van der Waals surface area contributed by atoms with Gasteiger partial charge in [0.25, 0.3) is 0 Å². The Morgan fingerprint density at radius 2 is 2.19 bits per heavy atom. The molecule has 1 fully saturated rings. The van der Waals surface area contributed by atoms with E-state index in [2.05, 4.69) is 0 Å². The minimum atomic E-state index is -1.16. The highest BCUT2D eigenvalue weighted by molar-refractivity contribution is 5.68. The second-order valence-electron chi connectivity index (χ2n) is 5.17. The molecule has 1 amide bonds. The highest BCUT2D eigenvalue weighted by atomic mass is 19.1. The monoisotopic (exact) mass is 233 g/mol. The van der Waals surface area contributed by atoms with Gasteiger partial charge in [-0.2, -0.15) is 0 Å². The molecule has 0 spiro atoms. The average molecular weight is 233 g/mol. The molecule has 0 aromatic rings. The molecule has 0 radical (unpaired) electrons. The Labute approximate surface area is 95.4 Å². The maximum absolute atomic E-state index is 13.5. The Bertz CT molecular complexity index is 252. The fourth-order valence-electron chi connectivity index (χ4n) is 1.65. The van der Waals surface area contributed by atoms with Crippen LogP contribution in [-0.4, -0.2) is 47.6 Å². The number of carbonyl (C=O) groups excluding carboxylic acids is 1. The van der Waals surface area contributed by atoms with Gasteiger partial charge in [-0.15, -0.1) is 0 Å². The lowest BCUT2D eigenvalue weighted by atomic mass is 9.96. The van der Waals surface area contributed by atoms with Crippen molar-refractivity contribution in [3.63, 3.8) is 0 Å². The molecule has 5 heteroatoms.